The summed E-state index contributed by atoms with van der Waals surface area (Å²) in [4.78, 5) is 40.9. The zero-order valence-corrected chi connectivity index (χ0v) is 14.3. The molecule has 0 spiro atoms. The number of benzene rings is 2. The Morgan fingerprint density at radius 2 is 0.857 bits per heavy atom. The predicted molar refractivity (Wildman–Crippen MR) is 93.2 cm³/mol. The van der Waals surface area contributed by atoms with Crippen LogP contribution in [-0.4, -0.2) is 19.7 Å². The number of rotatable bonds is 6. The van der Waals surface area contributed by atoms with E-state index in [4.69, 9.17) is 0 Å². The van der Waals surface area contributed by atoms with Gasteiger partial charge in [0.2, 0.25) is 0 Å². The fraction of sp³-hybridized carbons (Fsp3) is 0.143. The lowest BCUT2D eigenvalue weighted by molar-refractivity contribution is -0.422. The summed E-state index contributed by atoms with van der Waals surface area (Å²) in [6, 6.07) is 4.56. The van der Waals surface area contributed by atoms with Gasteiger partial charge in [0.15, 0.2) is 11.4 Å². The van der Waals surface area contributed by atoms with Crippen molar-refractivity contribution in [3.63, 3.8) is 0 Å². The standard InChI is InChI=1S/C14H10N6O8/c1-7-3-5-9(13(19(25)26)11(7)17(21)22)15-16-10-6-4-8(2)12(18(23)24)14(10)20(27)28/h3-6H,1-2H3. The van der Waals surface area contributed by atoms with Gasteiger partial charge in [-0.15, -0.1) is 10.2 Å². The summed E-state index contributed by atoms with van der Waals surface area (Å²) >= 11 is 0. The quantitative estimate of drug-likeness (QED) is 0.393. The summed E-state index contributed by atoms with van der Waals surface area (Å²) in [6.45, 7) is 2.58. The van der Waals surface area contributed by atoms with Crippen molar-refractivity contribution >= 4 is 34.1 Å². The second kappa shape index (κ2) is 7.48. The highest BCUT2D eigenvalue weighted by Gasteiger charge is 2.33. The van der Waals surface area contributed by atoms with E-state index in [1.807, 2.05) is 0 Å². The van der Waals surface area contributed by atoms with Gasteiger partial charge in [0, 0.05) is 11.1 Å². The molecule has 0 atom stereocenters. The van der Waals surface area contributed by atoms with E-state index in [2.05, 4.69) is 10.2 Å². The van der Waals surface area contributed by atoms with Gasteiger partial charge in [0.05, 0.1) is 19.7 Å². The number of hydrogen-bond donors (Lipinski definition) is 0. The van der Waals surface area contributed by atoms with Gasteiger partial charge in [0.1, 0.15) is 0 Å². The highest BCUT2D eigenvalue weighted by atomic mass is 16.6. The van der Waals surface area contributed by atoms with Crippen molar-refractivity contribution in [1.82, 2.24) is 0 Å². The van der Waals surface area contributed by atoms with Crippen LogP contribution in [0.4, 0.5) is 34.1 Å². The number of nitrogens with zero attached hydrogens (tertiary/aromatic N) is 6. The van der Waals surface area contributed by atoms with Crippen LogP contribution in [0.15, 0.2) is 34.5 Å². The summed E-state index contributed by atoms with van der Waals surface area (Å²) in [7, 11) is 0. The van der Waals surface area contributed by atoms with E-state index < -0.39 is 53.8 Å². The van der Waals surface area contributed by atoms with Crippen LogP contribution in [0, 0.1) is 54.3 Å². The number of nitro groups is 4. The lowest BCUT2D eigenvalue weighted by Gasteiger charge is -2.02. The van der Waals surface area contributed by atoms with E-state index in [0.717, 1.165) is 12.1 Å². The SMILES string of the molecule is Cc1ccc(N=Nc2ccc(C)c([N+](=O)[O-])c2[N+](=O)[O-])c([N+](=O)[O-])c1[N+](=O)[O-]. The molecule has 2 aromatic rings. The zero-order valence-electron chi connectivity index (χ0n) is 14.3. The van der Waals surface area contributed by atoms with Crippen molar-refractivity contribution in [2.45, 2.75) is 13.8 Å². The average Bonchev–Trinajstić information content (AvgIpc) is 2.59. The van der Waals surface area contributed by atoms with Gasteiger partial charge in [-0.2, -0.15) is 0 Å². The van der Waals surface area contributed by atoms with Crippen LogP contribution in [-0.2, 0) is 0 Å². The van der Waals surface area contributed by atoms with Gasteiger partial charge in [-0.1, -0.05) is 0 Å². The Morgan fingerprint density at radius 1 is 0.571 bits per heavy atom. The largest absolute Gasteiger partial charge is 0.373 e. The van der Waals surface area contributed by atoms with E-state index in [1.165, 1.54) is 26.0 Å². The Labute approximate surface area is 154 Å². The summed E-state index contributed by atoms with van der Waals surface area (Å²) in [6.07, 6.45) is 0. The molecular formula is C14H10N6O8. The molecule has 0 aliphatic heterocycles. The topological polar surface area (TPSA) is 197 Å². The molecule has 28 heavy (non-hydrogen) atoms. The fourth-order valence-electron chi connectivity index (χ4n) is 2.43. The minimum absolute atomic E-state index is 0.00704. The Kier molecular flexibility index (Phi) is 5.33. The van der Waals surface area contributed by atoms with Gasteiger partial charge in [0.25, 0.3) is 0 Å². The van der Waals surface area contributed by atoms with E-state index in [-0.39, 0.29) is 11.1 Å². The van der Waals surface area contributed by atoms with Crippen molar-refractivity contribution in [3.8, 4) is 0 Å². The molecule has 2 aromatic carbocycles. The molecule has 0 saturated carbocycles. The highest BCUT2D eigenvalue weighted by molar-refractivity contribution is 5.73. The molecule has 0 radical (unpaired) electrons. The Hall–Kier alpha value is -4.36. The lowest BCUT2D eigenvalue weighted by Crippen LogP contribution is -1.99. The normalized spacial score (nSPS) is 10.8. The summed E-state index contributed by atoms with van der Waals surface area (Å²) in [5, 5.41) is 51.8. The Bertz CT molecular complexity index is 981. The van der Waals surface area contributed by atoms with E-state index in [9.17, 15) is 40.5 Å². The van der Waals surface area contributed by atoms with Gasteiger partial charge < -0.3 is 0 Å². The number of azo groups is 1. The summed E-state index contributed by atoms with van der Waals surface area (Å²) < 4.78 is 0. The molecule has 0 aliphatic rings. The third kappa shape index (κ3) is 3.59. The molecule has 0 fully saturated rings. The van der Waals surface area contributed by atoms with Gasteiger partial charge in [-0.05, 0) is 38.1 Å². The summed E-state index contributed by atoms with van der Waals surface area (Å²) in [5.41, 5.74) is -4.53. The third-order valence-electron chi connectivity index (χ3n) is 3.66. The highest BCUT2D eigenvalue weighted by Crippen LogP contribution is 2.42. The molecule has 144 valence electrons. The van der Waals surface area contributed by atoms with Crippen molar-refractivity contribution in [2.24, 2.45) is 10.2 Å². The van der Waals surface area contributed by atoms with Crippen LogP contribution in [0.25, 0.3) is 0 Å². The molecule has 0 bridgehead atoms. The zero-order chi connectivity index (χ0) is 21.2. The lowest BCUT2D eigenvalue weighted by atomic mass is 10.1. The number of aryl methyl sites for hydroxylation is 2. The number of nitro benzene ring substituents is 4. The first-order valence-corrected chi connectivity index (χ1v) is 7.32. The molecule has 0 amide bonds. The van der Waals surface area contributed by atoms with Crippen molar-refractivity contribution in [2.75, 3.05) is 0 Å². The second-order valence-corrected chi connectivity index (χ2v) is 5.43. The molecule has 0 N–H and O–H groups in total. The van der Waals surface area contributed by atoms with Crippen LogP contribution in [0.3, 0.4) is 0 Å². The van der Waals surface area contributed by atoms with Crippen molar-refractivity contribution in [3.05, 3.63) is 75.8 Å². The Morgan fingerprint density at radius 3 is 1.11 bits per heavy atom. The maximum atomic E-state index is 11.3. The van der Waals surface area contributed by atoms with Gasteiger partial charge >= 0.3 is 22.7 Å². The van der Waals surface area contributed by atoms with Crippen LogP contribution < -0.4 is 0 Å². The van der Waals surface area contributed by atoms with Crippen LogP contribution in [0.1, 0.15) is 11.1 Å². The van der Waals surface area contributed by atoms with E-state index in [1.54, 1.807) is 0 Å². The van der Waals surface area contributed by atoms with E-state index in [0.29, 0.717) is 0 Å². The molecule has 14 heteroatoms. The van der Waals surface area contributed by atoms with Gasteiger partial charge in [-0.3, -0.25) is 40.5 Å². The molecule has 0 aliphatic carbocycles. The van der Waals surface area contributed by atoms with Crippen LogP contribution >= 0.6 is 0 Å². The molecule has 0 aromatic heterocycles. The van der Waals surface area contributed by atoms with Crippen LogP contribution in [0.5, 0.6) is 0 Å². The number of hydrogen-bond acceptors (Lipinski definition) is 10. The maximum absolute atomic E-state index is 11.3. The predicted octanol–water partition coefficient (Wildman–Crippen LogP) is 4.35. The minimum atomic E-state index is -1.02. The first kappa shape index (κ1) is 20.0. The molecular weight excluding hydrogens is 380 g/mol. The maximum Gasteiger partial charge on any atom is 0.373 e. The van der Waals surface area contributed by atoms with Crippen molar-refractivity contribution < 1.29 is 19.7 Å². The van der Waals surface area contributed by atoms with E-state index >= 15 is 0 Å². The molecule has 0 unspecified atom stereocenters. The minimum Gasteiger partial charge on any atom is -0.258 e. The monoisotopic (exact) mass is 390 g/mol. The first-order chi connectivity index (χ1) is 13.1. The molecule has 0 saturated heterocycles. The smallest absolute Gasteiger partial charge is 0.258 e. The van der Waals surface area contributed by atoms with Gasteiger partial charge in [-0.25, -0.2) is 0 Å². The molecule has 2 rings (SSSR count). The Balaban J connectivity index is 2.72. The van der Waals surface area contributed by atoms with Crippen molar-refractivity contribution in [1.29, 1.82) is 0 Å². The first-order valence-electron chi connectivity index (χ1n) is 7.32. The molecule has 0 heterocycles. The average molecular weight is 390 g/mol. The third-order valence-corrected chi connectivity index (χ3v) is 3.66. The fourth-order valence-corrected chi connectivity index (χ4v) is 2.43. The van der Waals surface area contributed by atoms with Crippen LogP contribution in [0.2, 0.25) is 0 Å². The summed E-state index contributed by atoms with van der Waals surface area (Å²) in [5.74, 6) is 0. The molecule has 14 nitrogen and oxygen atoms in total. The second-order valence-electron chi connectivity index (χ2n) is 5.43.